The predicted molar refractivity (Wildman–Crippen MR) is 111 cm³/mol. The Balaban J connectivity index is 1.78. The van der Waals surface area contributed by atoms with Crippen molar-refractivity contribution in [3.8, 4) is 11.4 Å². The van der Waals surface area contributed by atoms with Crippen LogP contribution in [0.15, 0.2) is 41.6 Å². The molecule has 0 fully saturated rings. The summed E-state index contributed by atoms with van der Waals surface area (Å²) in [4.78, 5) is 12.6. The van der Waals surface area contributed by atoms with Crippen molar-refractivity contribution in [2.45, 2.75) is 17.3 Å². The normalized spacial score (nSPS) is 11.9. The number of amides is 1. The van der Waals surface area contributed by atoms with Gasteiger partial charge in [0.25, 0.3) is 0 Å². The van der Waals surface area contributed by atoms with Crippen LogP contribution < -0.4 is 10.1 Å². The molecule has 11 heteroatoms. The lowest BCUT2D eigenvalue weighted by molar-refractivity contribution is -0.115. The second kappa shape index (κ2) is 9.00. The number of rotatable bonds is 6. The molecule has 2 aromatic carbocycles. The number of tetrazole rings is 1. The van der Waals surface area contributed by atoms with Crippen LogP contribution in [0.25, 0.3) is 5.69 Å². The minimum Gasteiger partial charge on any atom is -0.494 e. The Morgan fingerprint density at radius 1 is 1.21 bits per heavy atom. The van der Waals surface area contributed by atoms with E-state index in [1.54, 1.807) is 20.1 Å². The largest absolute Gasteiger partial charge is 0.494 e. The molecule has 3 aromatic rings. The third-order valence-corrected chi connectivity index (χ3v) is 5.51. The number of ether oxygens (including phenoxy) is 1. The number of aromatic nitrogens is 4. The van der Waals surface area contributed by atoms with Crippen LogP contribution in [0.3, 0.4) is 0 Å². The minimum absolute atomic E-state index is 0.252. The van der Waals surface area contributed by atoms with Gasteiger partial charge in [-0.1, -0.05) is 58.7 Å². The molecular weight excluding hydrogens is 445 g/mol. The van der Waals surface area contributed by atoms with E-state index < -0.39 is 5.25 Å². The first-order chi connectivity index (χ1) is 13.4. The van der Waals surface area contributed by atoms with Crippen LogP contribution in [0.2, 0.25) is 15.1 Å². The van der Waals surface area contributed by atoms with E-state index in [9.17, 15) is 4.79 Å². The molecule has 1 unspecified atom stereocenters. The van der Waals surface area contributed by atoms with Crippen LogP contribution in [0.1, 0.15) is 6.92 Å². The number of hydrogen-bond acceptors (Lipinski definition) is 6. The van der Waals surface area contributed by atoms with Crippen LogP contribution in [0, 0.1) is 0 Å². The second-order valence-electron chi connectivity index (χ2n) is 5.54. The van der Waals surface area contributed by atoms with E-state index >= 15 is 0 Å². The standard InChI is InChI=1S/C17H14Cl3N5O2S/c1-9(16(26)21-15-11(19)7-10(18)8-12(15)20)28-17-22-23-24-25(17)13-5-3-4-6-14(13)27-2/h3-9H,1-2H3,(H,21,26). The van der Waals surface area contributed by atoms with Crippen molar-refractivity contribution in [3.05, 3.63) is 51.5 Å². The van der Waals surface area contributed by atoms with Crippen molar-refractivity contribution in [1.82, 2.24) is 20.2 Å². The van der Waals surface area contributed by atoms with Gasteiger partial charge in [-0.25, -0.2) is 0 Å². The van der Waals surface area contributed by atoms with Crippen molar-refractivity contribution in [2.75, 3.05) is 12.4 Å². The fourth-order valence-electron chi connectivity index (χ4n) is 2.31. The number of hydrogen-bond donors (Lipinski definition) is 1. The number of nitrogens with zero attached hydrogens (tertiary/aromatic N) is 4. The van der Waals surface area contributed by atoms with Gasteiger partial charge in [0.2, 0.25) is 11.1 Å². The smallest absolute Gasteiger partial charge is 0.237 e. The SMILES string of the molecule is COc1ccccc1-n1nnnc1SC(C)C(=O)Nc1c(Cl)cc(Cl)cc1Cl. The fraction of sp³-hybridized carbons (Fsp3) is 0.176. The second-order valence-corrected chi connectivity index (χ2v) is 8.10. The van der Waals surface area contributed by atoms with E-state index in [-0.39, 0.29) is 16.0 Å². The Hall–Kier alpha value is -2.00. The molecule has 0 bridgehead atoms. The van der Waals surface area contributed by atoms with E-state index in [1.807, 2.05) is 18.2 Å². The molecule has 28 heavy (non-hydrogen) atoms. The molecule has 0 aliphatic rings. The Morgan fingerprint density at radius 3 is 2.57 bits per heavy atom. The number of methoxy groups -OCH3 is 1. The lowest BCUT2D eigenvalue weighted by Crippen LogP contribution is -2.23. The number of thioether (sulfide) groups is 1. The molecule has 1 heterocycles. The van der Waals surface area contributed by atoms with Crippen LogP contribution in [-0.4, -0.2) is 38.5 Å². The van der Waals surface area contributed by atoms with E-state index in [1.165, 1.54) is 28.6 Å². The van der Waals surface area contributed by atoms with Crippen LogP contribution >= 0.6 is 46.6 Å². The summed E-state index contributed by atoms with van der Waals surface area (Å²) in [6.07, 6.45) is 0. The molecular formula is C17H14Cl3N5O2S. The maximum atomic E-state index is 12.6. The first-order valence-electron chi connectivity index (χ1n) is 7.94. The Morgan fingerprint density at radius 2 is 1.89 bits per heavy atom. The van der Waals surface area contributed by atoms with Gasteiger partial charge in [0.1, 0.15) is 11.4 Å². The molecule has 1 amide bonds. The van der Waals surface area contributed by atoms with E-state index in [2.05, 4.69) is 20.8 Å². The molecule has 0 spiro atoms. The number of anilines is 1. The Kier molecular flexibility index (Phi) is 6.66. The van der Waals surface area contributed by atoms with Gasteiger partial charge in [0.05, 0.1) is 28.1 Å². The van der Waals surface area contributed by atoms with E-state index in [4.69, 9.17) is 39.5 Å². The van der Waals surface area contributed by atoms with Gasteiger partial charge in [0, 0.05) is 5.02 Å². The summed E-state index contributed by atoms with van der Waals surface area (Å²) in [5.74, 6) is 0.291. The van der Waals surface area contributed by atoms with Gasteiger partial charge in [-0.15, -0.1) is 5.10 Å². The van der Waals surface area contributed by atoms with Gasteiger partial charge in [-0.2, -0.15) is 4.68 Å². The number of para-hydroxylation sites is 2. The maximum absolute atomic E-state index is 12.6. The van der Waals surface area contributed by atoms with Crippen molar-refractivity contribution in [1.29, 1.82) is 0 Å². The molecule has 146 valence electrons. The summed E-state index contributed by atoms with van der Waals surface area (Å²) in [5, 5.41) is 15.2. The number of benzene rings is 2. The minimum atomic E-state index is -0.540. The topological polar surface area (TPSA) is 81.9 Å². The highest BCUT2D eigenvalue weighted by atomic mass is 35.5. The van der Waals surface area contributed by atoms with Gasteiger partial charge in [-0.05, 0) is 41.6 Å². The van der Waals surface area contributed by atoms with Gasteiger partial charge < -0.3 is 10.1 Å². The van der Waals surface area contributed by atoms with Crippen LogP contribution in [0.4, 0.5) is 5.69 Å². The molecule has 0 radical (unpaired) electrons. The average Bonchev–Trinajstić information content (AvgIpc) is 3.12. The molecule has 1 atom stereocenters. The molecule has 0 aliphatic heterocycles. The van der Waals surface area contributed by atoms with Crippen molar-refractivity contribution in [2.24, 2.45) is 0 Å². The number of nitrogens with one attached hydrogen (secondary N) is 1. The summed E-state index contributed by atoms with van der Waals surface area (Å²) >= 11 is 19.3. The van der Waals surface area contributed by atoms with Crippen LogP contribution in [-0.2, 0) is 4.79 Å². The quantitative estimate of drug-likeness (QED) is 0.537. The van der Waals surface area contributed by atoms with Crippen molar-refractivity contribution < 1.29 is 9.53 Å². The molecule has 0 aliphatic carbocycles. The van der Waals surface area contributed by atoms with Crippen molar-refractivity contribution >= 4 is 58.2 Å². The Bertz CT molecular complexity index is 991. The summed E-state index contributed by atoms with van der Waals surface area (Å²) in [6.45, 7) is 1.72. The van der Waals surface area contributed by atoms with E-state index in [0.29, 0.717) is 27.3 Å². The maximum Gasteiger partial charge on any atom is 0.237 e. The average molecular weight is 459 g/mol. The third-order valence-electron chi connectivity index (χ3n) is 3.66. The molecule has 3 rings (SSSR count). The number of halogens is 3. The zero-order valence-electron chi connectivity index (χ0n) is 14.7. The van der Waals surface area contributed by atoms with Gasteiger partial charge >= 0.3 is 0 Å². The first kappa shape index (κ1) is 20.7. The highest BCUT2D eigenvalue weighted by molar-refractivity contribution is 8.00. The summed E-state index contributed by atoms with van der Waals surface area (Å²) in [7, 11) is 1.56. The molecule has 0 saturated heterocycles. The Labute approximate surface area is 180 Å². The van der Waals surface area contributed by atoms with Crippen LogP contribution in [0.5, 0.6) is 5.75 Å². The first-order valence-corrected chi connectivity index (χ1v) is 9.96. The molecule has 7 nitrogen and oxygen atoms in total. The highest BCUT2D eigenvalue weighted by Crippen LogP contribution is 2.34. The molecule has 1 N–H and O–H groups in total. The summed E-state index contributed by atoms with van der Waals surface area (Å²) in [6, 6.07) is 10.3. The van der Waals surface area contributed by atoms with E-state index in [0.717, 1.165) is 0 Å². The molecule has 1 aromatic heterocycles. The highest BCUT2D eigenvalue weighted by Gasteiger charge is 2.22. The van der Waals surface area contributed by atoms with Gasteiger partial charge in [-0.3, -0.25) is 4.79 Å². The molecule has 0 saturated carbocycles. The fourth-order valence-corrected chi connectivity index (χ4v) is 4.02. The monoisotopic (exact) mass is 457 g/mol. The number of carbonyl (C=O) groups excluding carboxylic acids is 1. The third kappa shape index (κ3) is 4.52. The zero-order chi connectivity index (χ0) is 20.3. The summed E-state index contributed by atoms with van der Waals surface area (Å²) < 4.78 is 6.86. The summed E-state index contributed by atoms with van der Waals surface area (Å²) in [5.41, 5.74) is 0.961. The predicted octanol–water partition coefficient (Wildman–Crippen LogP) is 4.75. The zero-order valence-corrected chi connectivity index (χ0v) is 17.8. The van der Waals surface area contributed by atoms with Crippen molar-refractivity contribution in [3.63, 3.8) is 0 Å². The van der Waals surface area contributed by atoms with Gasteiger partial charge in [0.15, 0.2) is 0 Å². The number of carbonyl (C=O) groups is 1. The lowest BCUT2D eigenvalue weighted by Gasteiger charge is -2.14. The lowest BCUT2D eigenvalue weighted by atomic mass is 10.3.